The van der Waals surface area contributed by atoms with Crippen molar-refractivity contribution < 1.29 is 36.0 Å². The van der Waals surface area contributed by atoms with E-state index >= 15 is 0 Å². The number of urea groups is 1. The molecule has 2 aliphatic heterocycles. The molecule has 4 N–H and O–H groups in total. The van der Waals surface area contributed by atoms with Gasteiger partial charge in [0.1, 0.15) is 0 Å². The van der Waals surface area contributed by atoms with Crippen molar-refractivity contribution in [2.45, 2.75) is 66.7 Å². The molecule has 1 aliphatic carbocycles. The van der Waals surface area contributed by atoms with E-state index < -0.39 is 48.8 Å². The highest BCUT2D eigenvalue weighted by Crippen LogP contribution is 2.33. The second-order valence-corrected chi connectivity index (χ2v) is 20.0. The van der Waals surface area contributed by atoms with Crippen molar-refractivity contribution in [3.8, 4) is 0 Å². The van der Waals surface area contributed by atoms with E-state index in [1.165, 1.54) is 48.5 Å². The summed E-state index contributed by atoms with van der Waals surface area (Å²) in [6.45, 7) is 3.62. The van der Waals surface area contributed by atoms with Gasteiger partial charge in [-0.25, -0.2) is 21.6 Å². The number of ketones is 1. The number of benzene rings is 3. The van der Waals surface area contributed by atoms with Crippen LogP contribution in [0.1, 0.15) is 57.5 Å². The van der Waals surface area contributed by atoms with E-state index in [9.17, 15) is 36.0 Å². The number of hydrogen-bond donors (Lipinski definition) is 4. The van der Waals surface area contributed by atoms with Crippen LogP contribution in [-0.2, 0) is 24.5 Å². The number of unbranched alkanes of at least 4 members (excludes halogenated alkanes) is 1. The number of aryl methyl sites for hydroxylation is 2. The Morgan fingerprint density at radius 1 is 0.724 bits per heavy atom. The molecule has 4 amide bonds. The zero-order valence-corrected chi connectivity index (χ0v) is 34.6. The Hall–Kier alpha value is -5.25. The third-order valence-corrected chi connectivity index (χ3v) is 15.3. The van der Waals surface area contributed by atoms with Crippen LogP contribution in [0, 0.1) is 19.8 Å². The first-order chi connectivity index (χ1) is 27.7. The largest absolute Gasteiger partial charge is 0.332 e. The van der Waals surface area contributed by atoms with Crippen LogP contribution in [-0.4, -0.2) is 75.1 Å². The van der Waals surface area contributed by atoms with E-state index in [2.05, 4.69) is 21.3 Å². The Balaban J connectivity index is 1.04. The van der Waals surface area contributed by atoms with Crippen molar-refractivity contribution in [3.05, 3.63) is 143 Å². The Morgan fingerprint density at radius 2 is 1.26 bits per heavy atom. The maximum atomic E-state index is 13.9. The maximum Gasteiger partial charge on any atom is 0.315 e. The first-order valence-corrected chi connectivity index (χ1v) is 23.3. The molecule has 3 aromatic carbocycles. The van der Waals surface area contributed by atoms with Crippen LogP contribution in [0.5, 0.6) is 0 Å². The van der Waals surface area contributed by atoms with Crippen molar-refractivity contribution in [1.82, 2.24) is 21.3 Å². The molecule has 3 unspecified atom stereocenters. The third-order valence-electron chi connectivity index (χ3n) is 10.1. The Bertz CT molecular complexity index is 2310. The molecule has 2 saturated heterocycles. The molecule has 0 aromatic heterocycles. The highest BCUT2D eigenvalue weighted by Gasteiger charge is 2.42. The number of thioether (sulfide) groups is 1. The average Bonchev–Trinajstić information content (AvgIpc) is 3.73. The number of carbonyl (C=O) groups is 4. The molecular weight excluding hydrogens is 797 g/mol. The fourth-order valence-corrected chi connectivity index (χ4v) is 11.7. The zero-order valence-electron chi connectivity index (χ0n) is 32.1. The quantitative estimate of drug-likeness (QED) is 0.0820. The minimum Gasteiger partial charge on any atom is -0.332 e. The number of sulfone groups is 2. The van der Waals surface area contributed by atoms with Crippen molar-refractivity contribution in [1.29, 1.82) is 0 Å². The molecule has 3 aromatic rings. The molecule has 2 fully saturated rings. The number of fused-ring (bicyclic) bond motifs is 1. The summed E-state index contributed by atoms with van der Waals surface area (Å²) in [5.74, 6) is -3.23. The molecule has 6 rings (SSSR count). The van der Waals surface area contributed by atoms with Gasteiger partial charge >= 0.3 is 6.03 Å². The van der Waals surface area contributed by atoms with Crippen LogP contribution in [0.2, 0.25) is 0 Å². The van der Waals surface area contributed by atoms with E-state index in [0.29, 0.717) is 23.1 Å². The molecule has 0 spiro atoms. The smallest absolute Gasteiger partial charge is 0.315 e. The number of hydrogen-bond acceptors (Lipinski definition) is 9. The average molecular weight is 843 g/mol. The molecule has 15 heteroatoms. The van der Waals surface area contributed by atoms with Gasteiger partial charge in [0.25, 0.3) is 5.91 Å². The summed E-state index contributed by atoms with van der Waals surface area (Å²) in [6.07, 6.45) is 13.1. The number of Topliss-reactive ketones (excluding diaryl/α,β-unsaturated/α-hetero) is 1. The summed E-state index contributed by atoms with van der Waals surface area (Å²) in [5.41, 5.74) is 3.03. The summed E-state index contributed by atoms with van der Waals surface area (Å²) in [7, 11) is -8.12. The van der Waals surface area contributed by atoms with Gasteiger partial charge in [0.2, 0.25) is 5.91 Å². The van der Waals surface area contributed by atoms with Crippen LogP contribution in [0.25, 0.3) is 0 Å². The lowest BCUT2D eigenvalue weighted by molar-refractivity contribution is -0.120. The van der Waals surface area contributed by atoms with Gasteiger partial charge in [-0.2, -0.15) is 11.8 Å². The molecule has 0 radical (unpaired) electrons. The van der Waals surface area contributed by atoms with E-state index in [0.717, 1.165) is 36.1 Å². The van der Waals surface area contributed by atoms with Gasteiger partial charge in [0.05, 0.1) is 39.3 Å². The summed E-state index contributed by atoms with van der Waals surface area (Å²) >= 11 is 1.85. The van der Waals surface area contributed by atoms with Gasteiger partial charge in [-0.05, 0) is 87.4 Å². The highest BCUT2D eigenvalue weighted by atomic mass is 32.2. The van der Waals surface area contributed by atoms with Crippen molar-refractivity contribution in [2.24, 2.45) is 5.92 Å². The minimum atomic E-state index is -4.06. The molecule has 304 valence electrons. The summed E-state index contributed by atoms with van der Waals surface area (Å²) in [6, 6.07) is 18.1. The topological polar surface area (TPSA) is 185 Å². The standard InChI is InChI=1S/C43H46N4O8S3/c1-28-13-21-35(22-14-28)57(52,53)26-32(27-58(54,55)36-23-15-29(2)16-24-36)41(49)30-17-19-31(20-18-30)42(50)45-34-9-5-7-33(8-6-10-34)44-39(48)12-4-3-11-38-40-37(25-56-38)46-43(51)47-40/h5-10,13-24,32,37-38,40H,3-4,11-12,25-27H2,1-2H3,(H,44,48)(H,45,50)(H2,46,47,51)/b7-5-,8-6?,9-5?,10-6-,33-7?,33-8+,34-9+,34-10?. The van der Waals surface area contributed by atoms with Gasteiger partial charge < -0.3 is 21.3 Å². The molecule has 3 atom stereocenters. The highest BCUT2D eigenvalue weighted by molar-refractivity contribution is 8.00. The van der Waals surface area contributed by atoms with Gasteiger partial charge in [0.15, 0.2) is 25.5 Å². The summed E-state index contributed by atoms with van der Waals surface area (Å²) < 4.78 is 53.9. The zero-order chi connectivity index (χ0) is 41.5. The Morgan fingerprint density at radius 3 is 1.83 bits per heavy atom. The van der Waals surface area contributed by atoms with Crippen LogP contribution >= 0.6 is 11.8 Å². The van der Waals surface area contributed by atoms with Crippen molar-refractivity contribution in [3.63, 3.8) is 0 Å². The predicted octanol–water partition coefficient (Wildman–Crippen LogP) is 5.52. The number of rotatable bonds is 16. The Kier molecular flexibility index (Phi) is 13.6. The lowest BCUT2D eigenvalue weighted by Gasteiger charge is -2.17. The fraction of sp³-hybridized carbons (Fsp3) is 0.302. The Labute approximate surface area is 343 Å². The third kappa shape index (κ3) is 11.0. The molecule has 0 saturated carbocycles. The van der Waals surface area contributed by atoms with E-state index in [1.54, 1.807) is 60.7 Å². The van der Waals surface area contributed by atoms with E-state index in [1.807, 2.05) is 25.6 Å². The number of nitrogens with one attached hydrogen (secondary N) is 4. The maximum absolute atomic E-state index is 13.9. The number of allylic oxidation sites excluding steroid dienone is 6. The predicted molar refractivity (Wildman–Crippen MR) is 225 cm³/mol. The molecule has 0 bridgehead atoms. The van der Waals surface area contributed by atoms with E-state index in [4.69, 9.17) is 0 Å². The van der Waals surface area contributed by atoms with Gasteiger partial charge in [-0.3, -0.25) is 14.4 Å². The van der Waals surface area contributed by atoms with Gasteiger partial charge in [-0.15, -0.1) is 0 Å². The van der Waals surface area contributed by atoms with Crippen LogP contribution in [0.3, 0.4) is 0 Å². The van der Waals surface area contributed by atoms with Gasteiger partial charge in [-0.1, -0.05) is 66.1 Å². The molecule has 2 heterocycles. The second kappa shape index (κ2) is 18.6. The second-order valence-electron chi connectivity index (χ2n) is 14.7. The lowest BCUT2D eigenvalue weighted by Crippen LogP contribution is -2.36. The van der Waals surface area contributed by atoms with Crippen molar-refractivity contribution >= 4 is 55.1 Å². The molecule has 12 nitrogen and oxygen atoms in total. The molecule has 3 aliphatic rings. The summed E-state index contributed by atoms with van der Waals surface area (Å²) in [5, 5.41) is 12.0. The number of carbonyl (C=O) groups excluding carboxylic acids is 4. The molecular formula is C43H46N4O8S3. The summed E-state index contributed by atoms with van der Waals surface area (Å²) in [4.78, 5) is 51.3. The van der Waals surface area contributed by atoms with Crippen LogP contribution in [0.4, 0.5) is 4.79 Å². The fourth-order valence-electron chi connectivity index (χ4n) is 6.92. The van der Waals surface area contributed by atoms with Crippen LogP contribution < -0.4 is 21.3 Å². The van der Waals surface area contributed by atoms with Crippen molar-refractivity contribution in [2.75, 3.05) is 17.3 Å². The lowest BCUT2D eigenvalue weighted by atomic mass is 9.99. The first-order valence-electron chi connectivity index (χ1n) is 19.0. The molecule has 58 heavy (non-hydrogen) atoms. The normalized spacial score (nSPS) is 21.8. The minimum absolute atomic E-state index is 0.0150. The van der Waals surface area contributed by atoms with Gasteiger partial charge in [0, 0.05) is 39.9 Å². The number of amides is 4. The van der Waals surface area contributed by atoms with Crippen LogP contribution in [0.15, 0.2) is 130 Å². The monoisotopic (exact) mass is 842 g/mol. The van der Waals surface area contributed by atoms with E-state index in [-0.39, 0.29) is 44.9 Å². The SMILES string of the molecule is Cc1ccc(S(=O)(=O)CC(CS(=O)(=O)c2ccc(C)cc2)C(=O)c2ccc(C(=O)NC3=C/C=C\C(NC(=O)CCCCC4SCC5NC(=O)NC54)=C/C=C\3)cc2)cc1. The first kappa shape index (κ1) is 42.4.